The topological polar surface area (TPSA) is 61.7 Å². The Morgan fingerprint density at radius 1 is 1.24 bits per heavy atom. The summed E-state index contributed by atoms with van der Waals surface area (Å²) in [6.07, 6.45) is 1.46. The van der Waals surface area contributed by atoms with Crippen LogP contribution in [-0.4, -0.2) is 17.2 Å². The third-order valence-electron chi connectivity index (χ3n) is 2.54. The minimum absolute atomic E-state index is 0.104. The van der Waals surface area contributed by atoms with Gasteiger partial charge in [-0.1, -0.05) is 23.7 Å². The molecular weight excluding hydrogens is 423 g/mol. The summed E-state index contributed by atoms with van der Waals surface area (Å²) in [6, 6.07) is 10.1. The number of amides is 1. The van der Waals surface area contributed by atoms with E-state index in [-0.39, 0.29) is 5.75 Å². The van der Waals surface area contributed by atoms with E-state index >= 15 is 0 Å². The van der Waals surface area contributed by atoms with Gasteiger partial charge in [0, 0.05) is 0 Å². The first kappa shape index (κ1) is 16.0. The summed E-state index contributed by atoms with van der Waals surface area (Å²) in [5.41, 5.74) is 3.45. The number of hydrazone groups is 1. The van der Waals surface area contributed by atoms with E-state index in [0.717, 1.165) is 0 Å². The van der Waals surface area contributed by atoms with E-state index in [1.807, 2.05) is 0 Å². The lowest BCUT2D eigenvalue weighted by molar-refractivity contribution is 0.0955. The molecule has 0 atom stereocenters. The Kier molecular flexibility index (Phi) is 5.39. The number of rotatable bonds is 3. The normalized spacial score (nSPS) is 10.8. The molecule has 2 rings (SSSR count). The van der Waals surface area contributed by atoms with Crippen LogP contribution in [0.4, 0.5) is 0 Å². The molecule has 1 amide bonds. The van der Waals surface area contributed by atoms with Gasteiger partial charge in [-0.25, -0.2) is 5.43 Å². The molecule has 7 heteroatoms. The average Bonchev–Trinajstić information content (AvgIpc) is 2.45. The van der Waals surface area contributed by atoms with E-state index in [9.17, 15) is 9.90 Å². The first-order chi connectivity index (χ1) is 9.99. The van der Waals surface area contributed by atoms with Gasteiger partial charge in [-0.2, -0.15) is 5.10 Å². The summed E-state index contributed by atoms with van der Waals surface area (Å²) in [5, 5.41) is 13.8. The minimum Gasteiger partial charge on any atom is -0.506 e. The Bertz CT molecular complexity index is 697. The highest BCUT2D eigenvalue weighted by atomic mass is 79.9. The number of aromatic hydroxyl groups is 1. The predicted molar refractivity (Wildman–Crippen MR) is 90.0 cm³/mol. The maximum Gasteiger partial charge on any atom is 0.272 e. The number of carbonyl (C=O) groups excluding carboxylic acids is 1. The molecule has 0 bridgehead atoms. The molecule has 2 aromatic rings. The van der Waals surface area contributed by atoms with E-state index < -0.39 is 5.91 Å². The summed E-state index contributed by atoms with van der Waals surface area (Å²) in [6.45, 7) is 0. The Hall–Kier alpha value is -1.37. The molecule has 0 heterocycles. The van der Waals surface area contributed by atoms with Gasteiger partial charge in [-0.3, -0.25) is 4.79 Å². The van der Waals surface area contributed by atoms with Crippen LogP contribution in [0.3, 0.4) is 0 Å². The van der Waals surface area contributed by atoms with Crippen molar-refractivity contribution in [2.75, 3.05) is 0 Å². The Morgan fingerprint density at radius 2 is 1.86 bits per heavy atom. The van der Waals surface area contributed by atoms with E-state index in [1.165, 1.54) is 6.21 Å². The summed E-state index contributed by atoms with van der Waals surface area (Å²) in [4.78, 5) is 11.9. The lowest BCUT2D eigenvalue weighted by Gasteiger charge is -2.03. The maximum absolute atomic E-state index is 11.9. The summed E-state index contributed by atoms with van der Waals surface area (Å²) in [7, 11) is 0. The molecule has 108 valence electrons. The Morgan fingerprint density at radius 3 is 2.48 bits per heavy atom. The second-order valence-electron chi connectivity index (χ2n) is 4.01. The standard InChI is InChI=1S/C14H9Br2ClN2O2/c15-10-5-8(6-11(16)13(10)20)7-18-19-14(21)9-3-1-2-4-12(9)17/h1-7,20H,(H,19,21). The van der Waals surface area contributed by atoms with Crippen molar-refractivity contribution >= 4 is 55.6 Å². The van der Waals surface area contributed by atoms with Crippen LogP contribution in [0.1, 0.15) is 15.9 Å². The highest BCUT2D eigenvalue weighted by molar-refractivity contribution is 9.11. The smallest absolute Gasteiger partial charge is 0.272 e. The van der Waals surface area contributed by atoms with E-state index in [0.29, 0.717) is 25.1 Å². The number of phenolic OH excluding ortho intramolecular Hbond substituents is 1. The first-order valence-electron chi connectivity index (χ1n) is 5.75. The summed E-state index contributed by atoms with van der Waals surface area (Å²) < 4.78 is 1.05. The third-order valence-corrected chi connectivity index (χ3v) is 4.08. The average molecular weight is 432 g/mol. The van der Waals surface area contributed by atoms with Crippen LogP contribution in [-0.2, 0) is 0 Å². The molecule has 0 saturated heterocycles. The van der Waals surface area contributed by atoms with Gasteiger partial charge in [-0.05, 0) is 61.7 Å². The van der Waals surface area contributed by atoms with Gasteiger partial charge in [0.2, 0.25) is 0 Å². The zero-order valence-electron chi connectivity index (χ0n) is 10.5. The molecule has 0 aliphatic rings. The zero-order valence-corrected chi connectivity index (χ0v) is 14.4. The molecule has 2 aromatic carbocycles. The zero-order chi connectivity index (χ0) is 15.4. The number of nitrogens with one attached hydrogen (secondary N) is 1. The molecule has 2 N–H and O–H groups in total. The quantitative estimate of drug-likeness (QED) is 0.560. The van der Waals surface area contributed by atoms with Crippen molar-refractivity contribution in [3.05, 3.63) is 61.5 Å². The number of hydrogen-bond donors (Lipinski definition) is 2. The molecule has 0 aromatic heterocycles. The van der Waals surface area contributed by atoms with Crippen molar-refractivity contribution in [1.29, 1.82) is 0 Å². The van der Waals surface area contributed by atoms with Crippen LogP contribution >= 0.6 is 43.5 Å². The van der Waals surface area contributed by atoms with Crippen molar-refractivity contribution < 1.29 is 9.90 Å². The van der Waals surface area contributed by atoms with E-state index in [2.05, 4.69) is 42.4 Å². The Labute approximate surface area is 143 Å². The van der Waals surface area contributed by atoms with Crippen molar-refractivity contribution in [2.24, 2.45) is 5.10 Å². The fourth-order valence-corrected chi connectivity index (χ4v) is 2.97. The fraction of sp³-hybridized carbons (Fsp3) is 0. The monoisotopic (exact) mass is 430 g/mol. The third kappa shape index (κ3) is 4.06. The van der Waals surface area contributed by atoms with E-state index in [4.69, 9.17) is 11.6 Å². The SMILES string of the molecule is O=C(NN=Cc1cc(Br)c(O)c(Br)c1)c1ccccc1Cl. The van der Waals surface area contributed by atoms with Gasteiger partial charge in [-0.15, -0.1) is 0 Å². The Balaban J connectivity index is 2.10. The molecule has 0 spiro atoms. The second kappa shape index (κ2) is 7.06. The van der Waals surface area contributed by atoms with Gasteiger partial charge in [0.1, 0.15) is 5.75 Å². The molecule has 0 fully saturated rings. The van der Waals surface area contributed by atoms with Crippen molar-refractivity contribution in [2.45, 2.75) is 0 Å². The number of halogens is 3. The van der Waals surface area contributed by atoms with E-state index in [1.54, 1.807) is 36.4 Å². The van der Waals surface area contributed by atoms with Crippen LogP contribution in [0.15, 0.2) is 50.4 Å². The fourth-order valence-electron chi connectivity index (χ4n) is 1.53. The van der Waals surface area contributed by atoms with Gasteiger partial charge in [0.25, 0.3) is 5.91 Å². The molecule has 0 aliphatic heterocycles. The number of carbonyl (C=O) groups is 1. The van der Waals surface area contributed by atoms with Crippen LogP contribution in [0.2, 0.25) is 5.02 Å². The van der Waals surface area contributed by atoms with Gasteiger partial charge in [0.05, 0.1) is 25.7 Å². The molecule has 0 aliphatic carbocycles. The number of benzene rings is 2. The molecule has 21 heavy (non-hydrogen) atoms. The van der Waals surface area contributed by atoms with Crippen molar-refractivity contribution in [1.82, 2.24) is 5.43 Å². The van der Waals surface area contributed by atoms with Gasteiger partial charge < -0.3 is 5.11 Å². The number of phenols is 1. The lowest BCUT2D eigenvalue weighted by atomic mass is 10.2. The largest absolute Gasteiger partial charge is 0.506 e. The molecule has 0 saturated carbocycles. The predicted octanol–water partition coefficient (Wildman–Crippen LogP) is 4.33. The highest BCUT2D eigenvalue weighted by Crippen LogP contribution is 2.32. The maximum atomic E-state index is 11.9. The number of hydrogen-bond acceptors (Lipinski definition) is 3. The van der Waals surface area contributed by atoms with Gasteiger partial charge in [0.15, 0.2) is 0 Å². The number of nitrogens with zero attached hydrogens (tertiary/aromatic N) is 1. The van der Waals surface area contributed by atoms with Crippen molar-refractivity contribution in [3.63, 3.8) is 0 Å². The van der Waals surface area contributed by atoms with Crippen LogP contribution < -0.4 is 5.43 Å². The van der Waals surface area contributed by atoms with Crippen LogP contribution in [0.5, 0.6) is 5.75 Å². The molecule has 4 nitrogen and oxygen atoms in total. The lowest BCUT2D eigenvalue weighted by Crippen LogP contribution is -2.17. The molecular formula is C14H9Br2ClN2O2. The second-order valence-corrected chi connectivity index (χ2v) is 6.13. The van der Waals surface area contributed by atoms with Gasteiger partial charge >= 0.3 is 0 Å². The summed E-state index contributed by atoms with van der Waals surface area (Å²) >= 11 is 12.4. The molecule has 0 radical (unpaired) electrons. The molecule has 0 unspecified atom stereocenters. The first-order valence-corrected chi connectivity index (χ1v) is 7.71. The van der Waals surface area contributed by atoms with Crippen LogP contribution in [0, 0.1) is 0 Å². The minimum atomic E-state index is -0.395. The summed E-state index contributed by atoms with van der Waals surface area (Å²) in [5.74, 6) is -0.291. The van der Waals surface area contributed by atoms with Crippen molar-refractivity contribution in [3.8, 4) is 5.75 Å². The van der Waals surface area contributed by atoms with Crippen LogP contribution in [0.25, 0.3) is 0 Å². The highest BCUT2D eigenvalue weighted by Gasteiger charge is 2.08.